The molecule has 3 nitrogen and oxygen atoms in total. The van der Waals surface area contributed by atoms with Crippen molar-refractivity contribution in [1.29, 1.82) is 0 Å². The fourth-order valence-corrected chi connectivity index (χ4v) is 2.02. The molecule has 0 aromatic heterocycles. The third-order valence-electron chi connectivity index (χ3n) is 3.04. The Bertz CT molecular complexity index is 423. The van der Waals surface area contributed by atoms with E-state index in [2.05, 4.69) is 0 Å². The largest absolute Gasteiger partial charge is 0.507 e. The summed E-state index contributed by atoms with van der Waals surface area (Å²) in [6.45, 7) is 6.80. The normalized spacial score (nSPS) is 12.6. The lowest BCUT2D eigenvalue weighted by atomic mass is 9.91. The van der Waals surface area contributed by atoms with Gasteiger partial charge in [0.05, 0.1) is 5.92 Å². The first-order chi connectivity index (χ1) is 7.29. The summed E-state index contributed by atoms with van der Waals surface area (Å²) in [5.41, 5.74) is 2.47. The van der Waals surface area contributed by atoms with E-state index in [9.17, 15) is 9.90 Å². The summed E-state index contributed by atoms with van der Waals surface area (Å²) in [6, 6.07) is 0. The van der Waals surface area contributed by atoms with Gasteiger partial charge in [-0.3, -0.25) is 4.79 Å². The fourth-order valence-electron chi connectivity index (χ4n) is 1.77. The second-order valence-electron chi connectivity index (χ2n) is 4.01. The highest BCUT2D eigenvalue weighted by atomic mass is 35.5. The summed E-state index contributed by atoms with van der Waals surface area (Å²) in [5.74, 6) is -1.70. The highest BCUT2D eigenvalue weighted by Crippen LogP contribution is 2.39. The second-order valence-corrected chi connectivity index (χ2v) is 4.39. The van der Waals surface area contributed by atoms with Crippen LogP contribution in [0.5, 0.6) is 5.75 Å². The standard InChI is InChI=1S/C12H15ClO3/c1-5-6(2)11(14)9(7(3)10(5)13)8(4)12(15)16/h8,14H,1-4H3,(H,15,16). The summed E-state index contributed by atoms with van der Waals surface area (Å²) < 4.78 is 0. The molecule has 16 heavy (non-hydrogen) atoms. The van der Waals surface area contributed by atoms with Crippen molar-refractivity contribution in [1.82, 2.24) is 0 Å². The molecule has 88 valence electrons. The first-order valence-corrected chi connectivity index (χ1v) is 5.37. The van der Waals surface area contributed by atoms with Gasteiger partial charge in [-0.05, 0) is 44.4 Å². The Labute approximate surface area is 99.7 Å². The first-order valence-electron chi connectivity index (χ1n) is 5.00. The third kappa shape index (κ3) is 1.87. The van der Waals surface area contributed by atoms with Crippen molar-refractivity contribution in [3.63, 3.8) is 0 Å². The zero-order valence-corrected chi connectivity index (χ0v) is 10.5. The lowest BCUT2D eigenvalue weighted by Gasteiger charge is -2.18. The number of carbonyl (C=O) groups is 1. The van der Waals surface area contributed by atoms with Crippen LogP contribution in [0.25, 0.3) is 0 Å². The number of benzene rings is 1. The number of hydrogen-bond acceptors (Lipinski definition) is 2. The Kier molecular flexibility index (Phi) is 3.48. The molecular weight excluding hydrogens is 228 g/mol. The van der Waals surface area contributed by atoms with Gasteiger partial charge in [0.15, 0.2) is 0 Å². The molecule has 0 aliphatic heterocycles. The lowest BCUT2D eigenvalue weighted by Crippen LogP contribution is -2.10. The molecule has 0 fully saturated rings. The Morgan fingerprint density at radius 3 is 2.12 bits per heavy atom. The number of aromatic hydroxyl groups is 1. The highest BCUT2D eigenvalue weighted by molar-refractivity contribution is 6.32. The maximum absolute atomic E-state index is 11.0. The van der Waals surface area contributed by atoms with Crippen LogP contribution >= 0.6 is 11.6 Å². The van der Waals surface area contributed by atoms with Gasteiger partial charge in [-0.2, -0.15) is 0 Å². The van der Waals surface area contributed by atoms with Gasteiger partial charge in [-0.25, -0.2) is 0 Å². The van der Waals surface area contributed by atoms with Crippen molar-refractivity contribution in [2.24, 2.45) is 0 Å². The molecule has 1 aromatic carbocycles. The monoisotopic (exact) mass is 242 g/mol. The SMILES string of the molecule is Cc1c(C)c(Cl)c(C)c(C(C)C(=O)O)c1O. The molecule has 0 saturated heterocycles. The number of rotatable bonds is 2. The van der Waals surface area contributed by atoms with Crippen molar-refractivity contribution >= 4 is 17.6 Å². The Balaban J connectivity index is 3.57. The van der Waals surface area contributed by atoms with Crippen molar-refractivity contribution in [3.8, 4) is 5.75 Å². The fraction of sp³-hybridized carbons (Fsp3) is 0.417. The minimum absolute atomic E-state index is 0.0364. The van der Waals surface area contributed by atoms with Crippen LogP contribution in [0.15, 0.2) is 0 Å². The summed E-state index contributed by atoms with van der Waals surface area (Å²) >= 11 is 6.10. The number of aliphatic carboxylic acids is 1. The molecule has 0 bridgehead atoms. The molecule has 0 saturated carbocycles. The van der Waals surface area contributed by atoms with Gasteiger partial charge in [0.25, 0.3) is 0 Å². The number of halogens is 1. The number of carboxylic acids is 1. The van der Waals surface area contributed by atoms with Crippen molar-refractivity contribution in [2.75, 3.05) is 0 Å². The number of hydrogen-bond donors (Lipinski definition) is 2. The summed E-state index contributed by atoms with van der Waals surface area (Å²) in [5, 5.41) is 19.5. The molecule has 1 unspecified atom stereocenters. The quantitative estimate of drug-likeness (QED) is 0.838. The molecule has 0 aliphatic rings. The van der Waals surface area contributed by atoms with Crippen molar-refractivity contribution < 1.29 is 15.0 Å². The second kappa shape index (κ2) is 4.34. The smallest absolute Gasteiger partial charge is 0.310 e. The van der Waals surface area contributed by atoms with Gasteiger partial charge in [0, 0.05) is 10.6 Å². The molecular formula is C12H15ClO3. The third-order valence-corrected chi connectivity index (χ3v) is 3.61. The molecule has 4 heteroatoms. The molecule has 0 spiro atoms. The van der Waals surface area contributed by atoms with E-state index < -0.39 is 11.9 Å². The van der Waals surface area contributed by atoms with Gasteiger partial charge in [0.2, 0.25) is 0 Å². The van der Waals surface area contributed by atoms with Crippen LogP contribution in [0.1, 0.15) is 35.1 Å². The molecule has 1 rings (SSSR count). The Morgan fingerprint density at radius 1 is 1.19 bits per heavy atom. The van der Waals surface area contributed by atoms with E-state index in [1.54, 1.807) is 20.8 Å². The molecule has 1 aromatic rings. The average Bonchev–Trinajstić information content (AvgIpc) is 2.23. The van der Waals surface area contributed by atoms with Gasteiger partial charge < -0.3 is 10.2 Å². The Hall–Kier alpha value is -1.22. The van der Waals surface area contributed by atoms with Crippen molar-refractivity contribution in [2.45, 2.75) is 33.6 Å². The predicted octanol–water partition coefficient (Wildman–Crippen LogP) is 3.16. The summed E-state index contributed by atoms with van der Waals surface area (Å²) in [7, 11) is 0. The molecule has 0 heterocycles. The van der Waals surface area contributed by atoms with Gasteiger partial charge in [-0.1, -0.05) is 11.6 Å². The van der Waals surface area contributed by atoms with E-state index >= 15 is 0 Å². The average molecular weight is 243 g/mol. The van der Waals surface area contributed by atoms with E-state index in [0.717, 1.165) is 5.56 Å². The van der Waals surface area contributed by atoms with E-state index in [0.29, 0.717) is 21.7 Å². The zero-order chi connectivity index (χ0) is 12.6. The molecule has 2 N–H and O–H groups in total. The molecule has 0 amide bonds. The van der Waals surface area contributed by atoms with E-state index in [-0.39, 0.29) is 5.75 Å². The first kappa shape index (κ1) is 12.8. The van der Waals surface area contributed by atoms with Gasteiger partial charge >= 0.3 is 5.97 Å². The van der Waals surface area contributed by atoms with Crippen LogP contribution in [0.2, 0.25) is 5.02 Å². The Morgan fingerprint density at radius 2 is 1.69 bits per heavy atom. The van der Waals surface area contributed by atoms with Crippen LogP contribution in [-0.4, -0.2) is 16.2 Å². The van der Waals surface area contributed by atoms with E-state index in [1.165, 1.54) is 6.92 Å². The van der Waals surface area contributed by atoms with Crippen LogP contribution in [0.3, 0.4) is 0 Å². The number of phenolic OH excluding ortho intramolecular Hbond substituents is 1. The van der Waals surface area contributed by atoms with E-state index in [1.807, 2.05) is 0 Å². The van der Waals surface area contributed by atoms with Crippen LogP contribution in [0, 0.1) is 20.8 Å². The maximum atomic E-state index is 11.0. The minimum Gasteiger partial charge on any atom is -0.507 e. The topological polar surface area (TPSA) is 57.5 Å². The van der Waals surface area contributed by atoms with Crippen LogP contribution in [0.4, 0.5) is 0 Å². The predicted molar refractivity (Wildman–Crippen MR) is 63.4 cm³/mol. The van der Waals surface area contributed by atoms with Crippen LogP contribution in [-0.2, 0) is 4.79 Å². The lowest BCUT2D eigenvalue weighted by molar-refractivity contribution is -0.138. The summed E-state index contributed by atoms with van der Waals surface area (Å²) in [4.78, 5) is 11.0. The molecule has 0 aliphatic carbocycles. The number of carboxylic acid groups (broad SMARTS) is 1. The molecule has 1 atom stereocenters. The van der Waals surface area contributed by atoms with Gasteiger partial charge in [0.1, 0.15) is 5.75 Å². The van der Waals surface area contributed by atoms with Crippen LogP contribution < -0.4 is 0 Å². The minimum atomic E-state index is -0.974. The highest BCUT2D eigenvalue weighted by Gasteiger charge is 2.24. The van der Waals surface area contributed by atoms with E-state index in [4.69, 9.17) is 16.7 Å². The van der Waals surface area contributed by atoms with Crippen molar-refractivity contribution in [3.05, 3.63) is 27.3 Å². The molecule has 0 radical (unpaired) electrons. The summed E-state index contributed by atoms with van der Waals surface area (Å²) in [6.07, 6.45) is 0. The number of phenols is 1. The zero-order valence-electron chi connectivity index (χ0n) is 9.76. The van der Waals surface area contributed by atoms with Gasteiger partial charge in [-0.15, -0.1) is 0 Å². The maximum Gasteiger partial charge on any atom is 0.310 e.